The van der Waals surface area contributed by atoms with Crippen LogP contribution >= 0.6 is 11.3 Å². The summed E-state index contributed by atoms with van der Waals surface area (Å²) in [4.78, 5) is 85.1. The van der Waals surface area contributed by atoms with Crippen molar-refractivity contribution in [3.8, 4) is 21.6 Å². The number of nitrogens with one attached hydrogen (secondary N) is 4. The minimum absolute atomic E-state index is 0.0459. The van der Waals surface area contributed by atoms with Gasteiger partial charge >= 0.3 is 0 Å². The van der Waals surface area contributed by atoms with Crippen LogP contribution < -0.4 is 26.4 Å². The number of thiazole rings is 1. The number of carbonyl (C=O) groups excluding carboxylic acids is 4. The topological polar surface area (TPSA) is 193 Å². The van der Waals surface area contributed by atoms with Crippen molar-refractivity contribution in [3.05, 3.63) is 127 Å². The number of hydrogen-bond donors (Lipinski definition) is 5. The maximum Gasteiger partial charge on any atom is 0.253 e. The predicted molar refractivity (Wildman–Crippen MR) is 341 cm³/mol. The normalized spacial score (nSPS) is 17.4. The Kier molecular flexibility index (Phi) is 23.5. The number of H-pyrrole nitrogens is 1. The van der Waals surface area contributed by atoms with E-state index in [-0.39, 0.29) is 48.7 Å². The maximum atomic E-state index is 14.1. The third-order valence-corrected chi connectivity index (χ3v) is 18.6. The second-order valence-electron chi connectivity index (χ2n) is 25.1. The number of amides is 4. The molecule has 5 aromatic rings. The Morgan fingerprint density at radius 1 is 0.788 bits per heavy atom. The van der Waals surface area contributed by atoms with Crippen LogP contribution in [0.25, 0.3) is 21.6 Å². The molecule has 0 aliphatic carbocycles. The van der Waals surface area contributed by atoms with E-state index in [0.29, 0.717) is 30.1 Å². The summed E-state index contributed by atoms with van der Waals surface area (Å²) < 4.78 is 5.73. The van der Waals surface area contributed by atoms with E-state index in [9.17, 15) is 29.1 Å². The van der Waals surface area contributed by atoms with Crippen LogP contribution in [0.4, 0.5) is 5.69 Å². The fourth-order valence-corrected chi connectivity index (χ4v) is 13.3. The number of pyridine rings is 1. The highest BCUT2D eigenvalue weighted by molar-refractivity contribution is 7.13. The number of hydrogen-bond acceptors (Lipinski definition) is 12. The second-order valence-corrected chi connectivity index (χ2v) is 26.0. The maximum absolute atomic E-state index is 14.1. The van der Waals surface area contributed by atoms with Gasteiger partial charge in [0.25, 0.3) is 11.5 Å². The molecule has 3 aliphatic heterocycles. The number of aliphatic hydroxyl groups is 1. The molecule has 0 spiro atoms. The van der Waals surface area contributed by atoms with Gasteiger partial charge in [-0.15, -0.1) is 11.3 Å². The first kappa shape index (κ1) is 64.8. The summed E-state index contributed by atoms with van der Waals surface area (Å²) in [6.07, 6.45) is 11.6. The van der Waals surface area contributed by atoms with Crippen LogP contribution in [0.15, 0.2) is 77.0 Å². The lowest BCUT2D eigenvalue weighted by Crippen LogP contribution is -2.57. The van der Waals surface area contributed by atoms with Gasteiger partial charge in [-0.05, 0) is 129 Å². The summed E-state index contributed by atoms with van der Waals surface area (Å²) in [5.41, 5.74) is 12.2. The van der Waals surface area contributed by atoms with Gasteiger partial charge in [-0.1, -0.05) is 114 Å². The van der Waals surface area contributed by atoms with Gasteiger partial charge in [0, 0.05) is 114 Å². The number of piperazine rings is 1. The van der Waals surface area contributed by atoms with Crippen LogP contribution in [-0.2, 0) is 38.8 Å². The molecule has 85 heavy (non-hydrogen) atoms. The third-order valence-electron chi connectivity index (χ3n) is 17.6. The molecule has 3 saturated heterocycles. The first-order valence-electron chi connectivity index (χ1n) is 31.4. The van der Waals surface area contributed by atoms with Crippen LogP contribution in [0.2, 0.25) is 0 Å². The Balaban J connectivity index is 0.704. The summed E-state index contributed by atoms with van der Waals surface area (Å²) in [6, 6.07) is 21.7. The molecule has 0 radical (unpaired) electrons. The fraction of sp³-hybridized carbons (Fsp3) is 0.559. The number of rotatable bonds is 27. The van der Waals surface area contributed by atoms with E-state index in [1.165, 1.54) is 42.6 Å². The molecule has 16 nitrogen and oxygen atoms in total. The molecule has 3 atom stereocenters. The summed E-state index contributed by atoms with van der Waals surface area (Å²) in [6.45, 7) is 24.8. The van der Waals surface area contributed by atoms with Crippen LogP contribution in [0.5, 0.6) is 0 Å². The van der Waals surface area contributed by atoms with Crippen LogP contribution in [0.1, 0.15) is 161 Å². The Bertz CT molecular complexity index is 3070. The molecule has 3 aromatic carbocycles. The minimum atomic E-state index is -0.832. The van der Waals surface area contributed by atoms with Gasteiger partial charge in [0.15, 0.2) is 0 Å². The second kappa shape index (κ2) is 30.9. The summed E-state index contributed by atoms with van der Waals surface area (Å²) in [5.74, 6) is -1.02. The average Bonchev–Trinajstić information content (AvgIpc) is 3.31. The first-order valence-corrected chi connectivity index (χ1v) is 32.3. The van der Waals surface area contributed by atoms with Gasteiger partial charge in [0.1, 0.15) is 12.1 Å². The SMILES string of the molecule is CCN(c1cc(-c2ccc(CN3CCN(CCCCCCCCCCCC(=O)N[C@H](C(=O)N4C[C@H](O)C[C@H]4C(=O)NCc4ccc(-c5scnc5C)cc4)C(C)(C)C)CC3)cc2)cc(C(=O)NCc2c(C)cc(C)[nH]c2=O)c1C)C1CCOCC1. The first-order chi connectivity index (χ1) is 40.9. The van der Waals surface area contributed by atoms with Crippen molar-refractivity contribution in [2.24, 2.45) is 5.41 Å². The largest absolute Gasteiger partial charge is 0.391 e. The molecule has 0 saturated carbocycles. The molecule has 3 aliphatic rings. The lowest BCUT2D eigenvalue weighted by atomic mass is 9.85. The summed E-state index contributed by atoms with van der Waals surface area (Å²) in [5, 5.41) is 19.7. The van der Waals surface area contributed by atoms with Crippen LogP contribution in [-0.4, -0.2) is 137 Å². The third kappa shape index (κ3) is 17.9. The van der Waals surface area contributed by atoms with E-state index in [1.54, 1.807) is 11.3 Å². The molecule has 8 rings (SSSR count). The van der Waals surface area contributed by atoms with E-state index in [0.717, 1.165) is 153 Å². The van der Waals surface area contributed by atoms with Gasteiger partial charge in [-0.25, -0.2) is 4.98 Å². The quantitative estimate of drug-likeness (QED) is 0.0314. The van der Waals surface area contributed by atoms with Crippen molar-refractivity contribution in [2.75, 3.05) is 63.9 Å². The zero-order valence-electron chi connectivity index (χ0n) is 52.0. The van der Waals surface area contributed by atoms with Crippen LogP contribution in [0, 0.1) is 33.1 Å². The predicted octanol–water partition coefficient (Wildman–Crippen LogP) is 10.2. The number of aryl methyl sites for hydroxylation is 3. The monoisotopic (exact) mass is 1180 g/mol. The number of aromatic nitrogens is 2. The molecule has 2 aromatic heterocycles. The number of nitrogens with zero attached hydrogens (tertiary/aromatic N) is 5. The molecule has 4 amide bonds. The lowest BCUT2D eigenvalue weighted by molar-refractivity contribution is -0.144. The van der Waals surface area contributed by atoms with E-state index < -0.39 is 23.6 Å². The number of carbonyl (C=O) groups is 4. The molecule has 460 valence electrons. The van der Waals surface area contributed by atoms with Gasteiger partial charge in [0.2, 0.25) is 17.7 Å². The number of benzene rings is 3. The molecule has 0 bridgehead atoms. The fourth-order valence-electron chi connectivity index (χ4n) is 12.5. The Morgan fingerprint density at radius 3 is 2.06 bits per heavy atom. The Morgan fingerprint density at radius 2 is 1.42 bits per heavy atom. The molecule has 3 fully saturated rings. The molecule has 5 N–H and O–H groups in total. The number of anilines is 1. The van der Waals surface area contributed by atoms with E-state index in [2.05, 4.69) is 77.9 Å². The molecule has 0 unspecified atom stereocenters. The number of aliphatic hydroxyl groups excluding tert-OH is 1. The number of ether oxygens (including phenoxy) is 1. The number of likely N-dealkylation sites (tertiary alicyclic amines) is 1. The standard InChI is InChI=1S/C68H95N9O7S/c1-9-76(55-28-35-84-36-29-55)59-39-54(38-57(48(59)4)64(80)70-42-58-46(2)37-47(3)72-65(58)81)52-24-22-51(23-25-52)43-75-33-31-74(32-34-75)30-18-16-14-12-10-11-13-15-17-19-61(79)73-63(68(6,7)8)67(83)77-44-56(78)40-60(77)66(82)69-41-50-20-26-53(27-21-50)62-49(5)71-45-85-62/h20-27,37-39,45,55-56,60,63,78H,9-19,28-36,40-44H2,1-8H3,(H,69,82)(H,70,80)(H,72,81)(H,73,79)/t56-,60+,63-/m1/s1. The van der Waals surface area contributed by atoms with Crippen molar-refractivity contribution >= 4 is 40.7 Å². The van der Waals surface area contributed by atoms with Gasteiger partial charge in [0.05, 0.1) is 22.2 Å². The minimum Gasteiger partial charge on any atom is -0.391 e. The highest BCUT2D eigenvalue weighted by Gasteiger charge is 2.44. The van der Waals surface area contributed by atoms with Crippen molar-refractivity contribution < 1.29 is 29.0 Å². The van der Waals surface area contributed by atoms with Crippen molar-refractivity contribution in [2.45, 2.75) is 183 Å². The van der Waals surface area contributed by atoms with Gasteiger partial charge in [-0.2, -0.15) is 0 Å². The molecule has 5 heterocycles. The zero-order valence-corrected chi connectivity index (χ0v) is 52.8. The highest BCUT2D eigenvalue weighted by Crippen LogP contribution is 2.35. The van der Waals surface area contributed by atoms with Crippen molar-refractivity contribution in [1.29, 1.82) is 0 Å². The van der Waals surface area contributed by atoms with Crippen molar-refractivity contribution in [3.63, 3.8) is 0 Å². The van der Waals surface area contributed by atoms with E-state index >= 15 is 0 Å². The summed E-state index contributed by atoms with van der Waals surface area (Å²) in [7, 11) is 0. The summed E-state index contributed by atoms with van der Waals surface area (Å²) >= 11 is 1.59. The number of aromatic amines is 1. The average molecular weight is 1180 g/mol. The molecular weight excluding hydrogens is 1090 g/mol. The van der Waals surface area contributed by atoms with Crippen LogP contribution in [0.3, 0.4) is 0 Å². The number of unbranched alkanes of at least 4 members (excludes halogenated alkanes) is 8. The van der Waals surface area contributed by atoms with Gasteiger partial charge in [-0.3, -0.25) is 28.9 Å². The van der Waals surface area contributed by atoms with Crippen molar-refractivity contribution in [1.82, 2.24) is 40.6 Å². The molecular formula is C68H95N9O7S. The number of β-amino-alcohol motifs (C(OH)–C–C–N with tert-alkyl or cyclic N) is 1. The highest BCUT2D eigenvalue weighted by atomic mass is 32.1. The van der Waals surface area contributed by atoms with Gasteiger partial charge < -0.3 is 45.5 Å². The zero-order chi connectivity index (χ0) is 60.6. The lowest BCUT2D eigenvalue weighted by Gasteiger charge is -2.37. The smallest absolute Gasteiger partial charge is 0.253 e. The molecule has 17 heteroatoms. The Hall–Kier alpha value is -6.24. The van der Waals surface area contributed by atoms with E-state index in [4.69, 9.17) is 4.74 Å². The Labute approximate surface area is 508 Å². The van der Waals surface area contributed by atoms with E-state index in [1.807, 2.05) is 90.4 Å².